The first kappa shape index (κ1) is 31.8. The lowest BCUT2D eigenvalue weighted by Crippen LogP contribution is -2.58. The number of aliphatic carboxylic acids is 2. The van der Waals surface area contributed by atoms with Crippen LogP contribution in [0.1, 0.15) is 31.7 Å². The lowest BCUT2D eigenvalue weighted by Gasteiger charge is -2.26. The van der Waals surface area contributed by atoms with Crippen LogP contribution < -0.4 is 33.2 Å². The Morgan fingerprint density at radius 2 is 1.50 bits per heavy atom. The first-order valence-corrected chi connectivity index (χ1v) is 11.7. The Balaban J connectivity index is 3.15. The van der Waals surface area contributed by atoms with Crippen LogP contribution >= 0.6 is 0 Å². The van der Waals surface area contributed by atoms with Crippen LogP contribution in [0.4, 0.5) is 0 Å². The Hall–Kier alpha value is -4.24. The number of aliphatic hydroxyl groups is 1. The average molecular weight is 538 g/mol. The number of hydrogen-bond acceptors (Lipinski definition) is 8. The Kier molecular flexibility index (Phi) is 13.2. The number of hydrogen-bond donors (Lipinski definition) is 9. The maximum absolute atomic E-state index is 13.2. The van der Waals surface area contributed by atoms with Crippen LogP contribution in [0.5, 0.6) is 0 Å². The molecule has 1 aromatic rings. The van der Waals surface area contributed by atoms with E-state index >= 15 is 0 Å². The van der Waals surface area contributed by atoms with E-state index in [1.165, 1.54) is 6.92 Å². The second-order valence-electron chi connectivity index (χ2n) is 8.53. The Labute approximate surface area is 218 Å². The number of carboxylic acid groups (broad SMARTS) is 2. The SMILES string of the molecule is CC(O)C(NC(=O)C(Cc1ccccc1)NC(=O)C(CCCN=C(N)N)NC(=O)C(N)CC(=O)O)C(=O)O. The molecule has 3 amide bonds. The molecule has 0 aliphatic carbocycles. The van der Waals surface area contributed by atoms with Gasteiger partial charge in [-0.3, -0.25) is 24.2 Å². The van der Waals surface area contributed by atoms with Crippen molar-refractivity contribution in [3.63, 3.8) is 0 Å². The second-order valence-corrected chi connectivity index (χ2v) is 8.53. The van der Waals surface area contributed by atoms with Crippen LogP contribution in [-0.2, 0) is 30.4 Å². The molecule has 15 heteroatoms. The van der Waals surface area contributed by atoms with Gasteiger partial charge in [-0.1, -0.05) is 30.3 Å². The molecule has 0 saturated carbocycles. The third kappa shape index (κ3) is 11.7. The molecule has 0 heterocycles. The van der Waals surface area contributed by atoms with Crippen LogP contribution in [-0.4, -0.2) is 87.8 Å². The van der Waals surface area contributed by atoms with Crippen LogP contribution in [0.25, 0.3) is 0 Å². The fourth-order valence-electron chi connectivity index (χ4n) is 3.31. The highest BCUT2D eigenvalue weighted by Gasteiger charge is 2.32. The molecular weight excluding hydrogens is 502 g/mol. The summed E-state index contributed by atoms with van der Waals surface area (Å²) in [7, 11) is 0. The number of carbonyl (C=O) groups excluding carboxylic acids is 3. The predicted octanol–water partition coefficient (Wildman–Crippen LogP) is -3.00. The van der Waals surface area contributed by atoms with Gasteiger partial charge in [0.25, 0.3) is 0 Å². The summed E-state index contributed by atoms with van der Waals surface area (Å²) in [6.45, 7) is 1.30. The van der Waals surface area contributed by atoms with Crippen LogP contribution in [0.2, 0.25) is 0 Å². The largest absolute Gasteiger partial charge is 0.481 e. The highest BCUT2D eigenvalue weighted by atomic mass is 16.4. The minimum absolute atomic E-state index is 0.000748. The number of carbonyl (C=O) groups is 5. The van der Waals surface area contributed by atoms with E-state index in [2.05, 4.69) is 20.9 Å². The van der Waals surface area contributed by atoms with Gasteiger partial charge in [0.05, 0.1) is 18.6 Å². The van der Waals surface area contributed by atoms with Crippen molar-refractivity contribution in [2.45, 2.75) is 62.9 Å². The number of rotatable bonds is 16. The number of guanidine groups is 1. The molecule has 1 aromatic carbocycles. The van der Waals surface area contributed by atoms with Crippen molar-refractivity contribution < 1.29 is 39.3 Å². The van der Waals surface area contributed by atoms with E-state index in [0.717, 1.165) is 0 Å². The number of nitrogens with two attached hydrogens (primary N) is 3. The van der Waals surface area contributed by atoms with E-state index in [0.29, 0.717) is 5.56 Å². The van der Waals surface area contributed by atoms with Crippen molar-refractivity contribution in [2.75, 3.05) is 6.54 Å². The monoisotopic (exact) mass is 537 g/mol. The van der Waals surface area contributed by atoms with Crippen molar-refractivity contribution in [2.24, 2.45) is 22.2 Å². The minimum atomic E-state index is -1.64. The van der Waals surface area contributed by atoms with Crippen LogP contribution in [0.15, 0.2) is 35.3 Å². The van der Waals surface area contributed by atoms with Gasteiger partial charge in [-0.2, -0.15) is 0 Å². The summed E-state index contributed by atoms with van der Waals surface area (Å²) in [6.07, 6.45) is -1.92. The van der Waals surface area contributed by atoms with E-state index in [1.54, 1.807) is 30.3 Å². The number of aliphatic hydroxyl groups excluding tert-OH is 1. The maximum atomic E-state index is 13.2. The summed E-state index contributed by atoms with van der Waals surface area (Å²) in [5, 5.41) is 35.0. The van der Waals surface area contributed by atoms with Gasteiger partial charge >= 0.3 is 11.9 Å². The molecule has 0 aliphatic rings. The van der Waals surface area contributed by atoms with Gasteiger partial charge in [-0.05, 0) is 25.3 Å². The van der Waals surface area contributed by atoms with Crippen LogP contribution in [0, 0.1) is 0 Å². The smallest absolute Gasteiger partial charge is 0.328 e. The zero-order chi connectivity index (χ0) is 28.8. The van der Waals surface area contributed by atoms with Crippen molar-refractivity contribution in [1.29, 1.82) is 0 Å². The van der Waals surface area contributed by atoms with E-state index < -0.39 is 66.4 Å². The first-order valence-electron chi connectivity index (χ1n) is 11.7. The van der Waals surface area contributed by atoms with Gasteiger partial charge in [0.2, 0.25) is 17.7 Å². The van der Waals surface area contributed by atoms with Crippen molar-refractivity contribution in [1.82, 2.24) is 16.0 Å². The van der Waals surface area contributed by atoms with E-state index in [1.807, 2.05) is 0 Å². The van der Waals surface area contributed by atoms with E-state index in [9.17, 15) is 34.2 Å². The topological polar surface area (TPSA) is 273 Å². The molecule has 1 rings (SSSR count). The fourth-order valence-corrected chi connectivity index (χ4v) is 3.31. The van der Waals surface area contributed by atoms with Gasteiger partial charge in [0, 0.05) is 13.0 Å². The van der Waals surface area contributed by atoms with Gasteiger partial charge in [0.1, 0.15) is 12.1 Å². The molecule has 0 fully saturated rings. The molecule has 0 saturated heterocycles. The summed E-state index contributed by atoms with van der Waals surface area (Å²) < 4.78 is 0. The number of carboxylic acids is 2. The first-order chi connectivity index (χ1) is 17.8. The average Bonchev–Trinajstić information content (AvgIpc) is 2.83. The van der Waals surface area contributed by atoms with Gasteiger partial charge in [0.15, 0.2) is 12.0 Å². The second kappa shape index (κ2) is 15.8. The molecule has 210 valence electrons. The zero-order valence-corrected chi connectivity index (χ0v) is 20.9. The van der Waals surface area contributed by atoms with E-state index in [-0.39, 0.29) is 31.8 Å². The Bertz CT molecular complexity index is 999. The summed E-state index contributed by atoms with van der Waals surface area (Å²) >= 11 is 0. The molecule has 38 heavy (non-hydrogen) atoms. The van der Waals surface area contributed by atoms with Gasteiger partial charge < -0.3 is 48.5 Å². The van der Waals surface area contributed by atoms with Gasteiger partial charge in [-0.25, -0.2) is 4.79 Å². The quantitative estimate of drug-likeness (QED) is 0.0582. The number of aliphatic imine (C=N–C) groups is 1. The lowest BCUT2D eigenvalue weighted by atomic mass is 10.0. The standard InChI is InChI=1S/C23H35N7O8/c1-12(31)18(22(37)38)30-21(36)16(10-13-6-3-2-4-7-13)29-20(35)15(8-5-9-27-23(25)26)28-19(34)14(24)11-17(32)33/h2-4,6-7,12,14-16,18,31H,5,8-11,24H2,1H3,(H,28,34)(H,29,35)(H,30,36)(H,32,33)(H,37,38)(H4,25,26,27). The maximum Gasteiger partial charge on any atom is 0.328 e. The molecule has 0 radical (unpaired) electrons. The third-order valence-electron chi connectivity index (χ3n) is 5.27. The highest BCUT2D eigenvalue weighted by Crippen LogP contribution is 2.07. The molecular formula is C23H35N7O8. The predicted molar refractivity (Wildman–Crippen MR) is 135 cm³/mol. The number of nitrogens with zero attached hydrogens (tertiary/aromatic N) is 1. The summed E-state index contributed by atoms with van der Waals surface area (Å²) in [6, 6.07) is 2.91. The normalized spacial score (nSPS) is 14.6. The molecule has 15 nitrogen and oxygen atoms in total. The highest BCUT2D eigenvalue weighted by molar-refractivity contribution is 5.95. The molecule has 12 N–H and O–H groups in total. The molecule has 0 aliphatic heterocycles. The summed E-state index contributed by atoms with van der Waals surface area (Å²) in [5.74, 6) is -5.57. The number of amides is 3. The van der Waals surface area contributed by atoms with E-state index in [4.69, 9.17) is 22.3 Å². The molecule has 0 spiro atoms. The Morgan fingerprint density at radius 1 is 0.921 bits per heavy atom. The summed E-state index contributed by atoms with van der Waals surface area (Å²) in [4.78, 5) is 64.8. The number of nitrogens with one attached hydrogen (secondary N) is 3. The van der Waals surface area contributed by atoms with Crippen molar-refractivity contribution in [3.05, 3.63) is 35.9 Å². The molecule has 0 aromatic heterocycles. The van der Waals surface area contributed by atoms with Crippen molar-refractivity contribution in [3.8, 4) is 0 Å². The molecule has 5 atom stereocenters. The Morgan fingerprint density at radius 3 is 2.03 bits per heavy atom. The molecule has 0 bridgehead atoms. The van der Waals surface area contributed by atoms with Crippen LogP contribution in [0.3, 0.4) is 0 Å². The van der Waals surface area contributed by atoms with Gasteiger partial charge in [-0.15, -0.1) is 0 Å². The summed E-state index contributed by atoms with van der Waals surface area (Å²) in [5.41, 5.74) is 16.8. The lowest BCUT2D eigenvalue weighted by molar-refractivity contribution is -0.145. The zero-order valence-electron chi connectivity index (χ0n) is 20.9. The molecule has 5 unspecified atom stereocenters. The van der Waals surface area contributed by atoms with Crippen molar-refractivity contribution >= 4 is 35.6 Å². The fraction of sp³-hybridized carbons (Fsp3) is 0.478. The third-order valence-corrected chi connectivity index (χ3v) is 5.27. The number of benzene rings is 1. The minimum Gasteiger partial charge on any atom is -0.481 e.